The zero-order valence-electron chi connectivity index (χ0n) is 8.75. The van der Waals surface area contributed by atoms with Crippen molar-refractivity contribution in [3.63, 3.8) is 0 Å². The predicted molar refractivity (Wildman–Crippen MR) is 51.8 cm³/mol. The molecule has 4 nitrogen and oxygen atoms in total. The molecule has 0 spiro atoms. The van der Waals surface area contributed by atoms with Gasteiger partial charge in [0.1, 0.15) is 0 Å². The monoisotopic (exact) mass is 238 g/mol. The summed E-state index contributed by atoms with van der Waals surface area (Å²) >= 11 is 0. The summed E-state index contributed by atoms with van der Waals surface area (Å²) in [5, 5.41) is 10.5. The van der Waals surface area contributed by atoms with Crippen LogP contribution in [0, 0.1) is 0 Å². The van der Waals surface area contributed by atoms with Crippen molar-refractivity contribution in [2.24, 2.45) is 0 Å². The Morgan fingerprint density at radius 2 is 1.81 bits per heavy atom. The van der Waals surface area contributed by atoms with Crippen LogP contribution in [0.5, 0.6) is 0 Å². The van der Waals surface area contributed by atoms with Crippen LogP contribution >= 0.6 is 0 Å². The standard InChI is InChI=1S/C11H8N2O2.K/c14-11(15)8-4-5-10(13-7-8)9-3-1-2-6-12-9;/h1-7H,(H,14,15);/q;+1/p-1. The van der Waals surface area contributed by atoms with Gasteiger partial charge >= 0.3 is 51.4 Å². The molecule has 0 unspecified atom stereocenters. The van der Waals surface area contributed by atoms with E-state index in [9.17, 15) is 9.90 Å². The van der Waals surface area contributed by atoms with Crippen LogP contribution in [0.2, 0.25) is 0 Å². The minimum absolute atomic E-state index is 0. The molecule has 0 bridgehead atoms. The SMILES string of the molecule is O=C([O-])c1ccc(-c2ccccn2)nc1.[K+]. The van der Waals surface area contributed by atoms with Crippen LogP contribution < -0.4 is 56.5 Å². The molecule has 2 rings (SSSR count). The topological polar surface area (TPSA) is 65.9 Å². The minimum Gasteiger partial charge on any atom is -0.545 e. The molecule has 0 fully saturated rings. The molecular formula is C11H7KN2O2. The zero-order valence-corrected chi connectivity index (χ0v) is 11.9. The number of carbonyl (C=O) groups excluding carboxylic acids is 1. The maximum absolute atomic E-state index is 10.5. The Morgan fingerprint density at radius 1 is 1.06 bits per heavy atom. The van der Waals surface area contributed by atoms with Crippen molar-refractivity contribution >= 4 is 5.97 Å². The number of aromatic nitrogens is 2. The number of hydrogen-bond acceptors (Lipinski definition) is 4. The van der Waals surface area contributed by atoms with Crippen molar-refractivity contribution < 1.29 is 61.3 Å². The van der Waals surface area contributed by atoms with Crippen LogP contribution in [0.1, 0.15) is 10.4 Å². The summed E-state index contributed by atoms with van der Waals surface area (Å²) in [6.45, 7) is 0. The van der Waals surface area contributed by atoms with E-state index in [1.807, 2.05) is 6.07 Å². The maximum atomic E-state index is 10.5. The number of carboxylic acids is 1. The number of hydrogen-bond donors (Lipinski definition) is 0. The van der Waals surface area contributed by atoms with E-state index in [2.05, 4.69) is 9.97 Å². The number of carboxylic acid groups (broad SMARTS) is 1. The molecule has 0 saturated heterocycles. The van der Waals surface area contributed by atoms with E-state index in [1.54, 1.807) is 24.4 Å². The summed E-state index contributed by atoms with van der Waals surface area (Å²) < 4.78 is 0. The molecule has 0 radical (unpaired) electrons. The molecule has 2 aromatic rings. The molecule has 0 aliphatic heterocycles. The van der Waals surface area contributed by atoms with E-state index in [-0.39, 0.29) is 56.9 Å². The van der Waals surface area contributed by atoms with E-state index < -0.39 is 5.97 Å². The summed E-state index contributed by atoms with van der Waals surface area (Å²) in [4.78, 5) is 18.6. The fourth-order valence-electron chi connectivity index (χ4n) is 1.18. The second-order valence-electron chi connectivity index (χ2n) is 2.93. The van der Waals surface area contributed by atoms with E-state index in [1.165, 1.54) is 12.3 Å². The van der Waals surface area contributed by atoms with Gasteiger partial charge in [0.05, 0.1) is 17.4 Å². The first kappa shape index (κ1) is 13.5. The summed E-state index contributed by atoms with van der Waals surface area (Å²) in [6, 6.07) is 8.51. The van der Waals surface area contributed by atoms with Gasteiger partial charge in [0.2, 0.25) is 0 Å². The molecule has 0 atom stereocenters. The van der Waals surface area contributed by atoms with Crippen LogP contribution in [0.4, 0.5) is 0 Å². The maximum Gasteiger partial charge on any atom is 1.00 e. The minimum atomic E-state index is -1.23. The molecule has 0 N–H and O–H groups in total. The van der Waals surface area contributed by atoms with Gasteiger partial charge < -0.3 is 9.90 Å². The summed E-state index contributed by atoms with van der Waals surface area (Å²) in [5.41, 5.74) is 1.41. The van der Waals surface area contributed by atoms with Gasteiger partial charge in [0, 0.05) is 18.0 Å². The second-order valence-corrected chi connectivity index (χ2v) is 2.93. The van der Waals surface area contributed by atoms with Gasteiger partial charge in [-0.15, -0.1) is 0 Å². The fraction of sp³-hybridized carbons (Fsp3) is 0. The van der Waals surface area contributed by atoms with Gasteiger partial charge in [-0.1, -0.05) is 6.07 Å². The number of pyridine rings is 2. The first-order valence-electron chi connectivity index (χ1n) is 4.36. The van der Waals surface area contributed by atoms with Crippen molar-refractivity contribution in [2.75, 3.05) is 0 Å². The Balaban J connectivity index is 0.00000128. The Kier molecular flexibility index (Phi) is 5.24. The summed E-state index contributed by atoms with van der Waals surface area (Å²) in [5.74, 6) is -1.23. The van der Waals surface area contributed by atoms with Crippen LogP contribution in [0.3, 0.4) is 0 Å². The third kappa shape index (κ3) is 3.20. The van der Waals surface area contributed by atoms with Crippen molar-refractivity contribution in [2.45, 2.75) is 0 Å². The van der Waals surface area contributed by atoms with Crippen molar-refractivity contribution in [1.29, 1.82) is 0 Å². The average Bonchev–Trinajstić information content (AvgIpc) is 2.30. The first-order valence-corrected chi connectivity index (χ1v) is 4.36. The Hall–Kier alpha value is -0.594. The van der Waals surface area contributed by atoms with Gasteiger partial charge in [0.15, 0.2) is 0 Å². The molecule has 2 aromatic heterocycles. The van der Waals surface area contributed by atoms with Gasteiger partial charge in [-0.2, -0.15) is 0 Å². The summed E-state index contributed by atoms with van der Waals surface area (Å²) in [7, 11) is 0. The molecule has 0 aliphatic carbocycles. The van der Waals surface area contributed by atoms with Crippen molar-refractivity contribution in [1.82, 2.24) is 9.97 Å². The quantitative estimate of drug-likeness (QED) is 0.543. The third-order valence-corrected chi connectivity index (χ3v) is 1.93. The fourth-order valence-corrected chi connectivity index (χ4v) is 1.18. The van der Waals surface area contributed by atoms with Gasteiger partial charge in [-0.3, -0.25) is 9.97 Å². The molecular weight excluding hydrogens is 231 g/mol. The van der Waals surface area contributed by atoms with Gasteiger partial charge in [0.25, 0.3) is 0 Å². The predicted octanol–water partition coefficient (Wildman–Crippen LogP) is -2.49. The molecule has 0 aliphatic rings. The third-order valence-electron chi connectivity index (χ3n) is 1.93. The van der Waals surface area contributed by atoms with E-state index in [0.29, 0.717) is 11.4 Å². The first-order chi connectivity index (χ1) is 7.27. The normalized spacial score (nSPS) is 9.25. The van der Waals surface area contributed by atoms with Crippen LogP contribution in [0.15, 0.2) is 42.7 Å². The number of nitrogens with zero attached hydrogens (tertiary/aromatic N) is 2. The second kappa shape index (κ2) is 6.22. The average molecular weight is 238 g/mol. The molecule has 16 heavy (non-hydrogen) atoms. The molecule has 0 amide bonds. The van der Waals surface area contributed by atoms with E-state index in [4.69, 9.17) is 0 Å². The zero-order chi connectivity index (χ0) is 10.7. The van der Waals surface area contributed by atoms with Crippen molar-refractivity contribution in [3.05, 3.63) is 48.3 Å². The molecule has 0 saturated carbocycles. The number of carbonyl (C=O) groups is 1. The largest absolute Gasteiger partial charge is 1.00 e. The van der Waals surface area contributed by atoms with Gasteiger partial charge in [-0.05, 0) is 24.3 Å². The molecule has 74 valence electrons. The van der Waals surface area contributed by atoms with Crippen LogP contribution in [-0.4, -0.2) is 15.9 Å². The number of aromatic carboxylic acids is 1. The van der Waals surface area contributed by atoms with Crippen molar-refractivity contribution in [3.8, 4) is 11.4 Å². The molecule has 2 heterocycles. The Morgan fingerprint density at radius 3 is 2.31 bits per heavy atom. The van der Waals surface area contributed by atoms with E-state index in [0.717, 1.165) is 0 Å². The smallest absolute Gasteiger partial charge is 0.545 e. The van der Waals surface area contributed by atoms with Crippen LogP contribution in [0.25, 0.3) is 11.4 Å². The van der Waals surface area contributed by atoms with E-state index >= 15 is 0 Å². The molecule has 5 heteroatoms. The Bertz CT molecular complexity index is 471. The Labute approximate surface area is 135 Å². The van der Waals surface area contributed by atoms with Gasteiger partial charge in [-0.25, -0.2) is 0 Å². The summed E-state index contributed by atoms with van der Waals surface area (Å²) in [6.07, 6.45) is 2.92. The number of rotatable bonds is 2. The van der Waals surface area contributed by atoms with Crippen LogP contribution in [-0.2, 0) is 0 Å². The molecule has 0 aromatic carbocycles.